The zero-order valence-electron chi connectivity index (χ0n) is 16.5. The highest BCUT2D eigenvalue weighted by Gasteiger charge is 2.09. The summed E-state index contributed by atoms with van der Waals surface area (Å²) in [7, 11) is 0. The van der Waals surface area contributed by atoms with Crippen LogP contribution in [0.3, 0.4) is 0 Å². The highest BCUT2D eigenvalue weighted by Crippen LogP contribution is 2.21. The molecule has 0 saturated carbocycles. The number of hydrogen-bond donors (Lipinski definition) is 1. The molecule has 7 heteroatoms. The van der Waals surface area contributed by atoms with E-state index >= 15 is 0 Å². The Balaban J connectivity index is 1.40. The van der Waals surface area contributed by atoms with E-state index in [0.29, 0.717) is 33.0 Å². The molecule has 3 aromatic rings. The van der Waals surface area contributed by atoms with Crippen molar-refractivity contribution in [2.75, 3.05) is 19.8 Å². The van der Waals surface area contributed by atoms with Crippen LogP contribution < -0.4 is 0 Å². The molecule has 0 unspecified atom stereocenters. The van der Waals surface area contributed by atoms with Crippen molar-refractivity contribution in [2.45, 2.75) is 26.5 Å². The predicted octanol–water partition coefficient (Wildman–Crippen LogP) is 3.46. The highest BCUT2D eigenvalue weighted by molar-refractivity contribution is 5.88. The van der Waals surface area contributed by atoms with Gasteiger partial charge < -0.3 is 14.6 Å². The lowest BCUT2D eigenvalue weighted by molar-refractivity contribution is -0.131. The smallest absolute Gasteiger partial charge is 0.328 e. The predicted molar refractivity (Wildman–Crippen MR) is 110 cm³/mol. The van der Waals surface area contributed by atoms with Crippen molar-refractivity contribution in [1.29, 1.82) is 0 Å². The van der Waals surface area contributed by atoms with Gasteiger partial charge in [-0.05, 0) is 42.2 Å². The van der Waals surface area contributed by atoms with Crippen LogP contribution in [0.2, 0.25) is 0 Å². The van der Waals surface area contributed by atoms with E-state index in [4.69, 9.17) is 14.6 Å². The lowest BCUT2D eigenvalue weighted by Crippen LogP contribution is -2.08. The number of rotatable bonds is 11. The Morgan fingerprint density at radius 2 is 1.90 bits per heavy atom. The second-order valence-electron chi connectivity index (χ2n) is 6.64. The van der Waals surface area contributed by atoms with Gasteiger partial charge in [0.15, 0.2) is 0 Å². The molecular formula is C22H25N3O4. The highest BCUT2D eigenvalue weighted by atomic mass is 16.5. The van der Waals surface area contributed by atoms with Crippen LogP contribution in [0.5, 0.6) is 0 Å². The first kappa shape index (κ1) is 20.7. The molecule has 0 bridgehead atoms. The van der Waals surface area contributed by atoms with Gasteiger partial charge in [0, 0.05) is 19.2 Å². The van der Waals surface area contributed by atoms with E-state index in [1.54, 1.807) is 6.08 Å². The van der Waals surface area contributed by atoms with Crippen molar-refractivity contribution in [3.63, 3.8) is 0 Å². The fourth-order valence-corrected chi connectivity index (χ4v) is 2.99. The van der Waals surface area contributed by atoms with Crippen molar-refractivity contribution in [1.82, 2.24) is 15.0 Å². The minimum absolute atomic E-state index is 0.559. The van der Waals surface area contributed by atoms with Gasteiger partial charge in [-0.15, -0.1) is 5.10 Å². The molecule has 2 aromatic carbocycles. The molecule has 0 radical (unpaired) electrons. The van der Waals surface area contributed by atoms with E-state index in [1.807, 2.05) is 54.1 Å². The first-order valence-corrected chi connectivity index (χ1v) is 9.58. The molecule has 0 amide bonds. The standard InChI is InChI=1S/C22H25N3O4/c1-17-19(9-11-21(26)27)8-10-20-22(17)23-24-25(20)12-5-13-28-14-15-29-16-18-6-3-2-4-7-18/h2-4,6-11H,5,12-16H2,1H3,(H,26,27)/b11-9+. The van der Waals surface area contributed by atoms with Gasteiger partial charge in [-0.25, -0.2) is 9.48 Å². The summed E-state index contributed by atoms with van der Waals surface area (Å²) in [5, 5.41) is 17.2. The van der Waals surface area contributed by atoms with Crippen LogP contribution >= 0.6 is 0 Å². The largest absolute Gasteiger partial charge is 0.478 e. The first-order chi connectivity index (χ1) is 14.1. The second kappa shape index (κ2) is 10.5. The molecule has 0 aliphatic rings. The zero-order valence-corrected chi connectivity index (χ0v) is 16.5. The number of nitrogens with zero attached hydrogens (tertiary/aromatic N) is 3. The van der Waals surface area contributed by atoms with Crippen LogP contribution in [-0.4, -0.2) is 45.9 Å². The maximum absolute atomic E-state index is 10.7. The number of aryl methyl sites for hydroxylation is 2. The summed E-state index contributed by atoms with van der Waals surface area (Å²) >= 11 is 0. The van der Waals surface area contributed by atoms with Crippen molar-refractivity contribution < 1.29 is 19.4 Å². The summed E-state index contributed by atoms with van der Waals surface area (Å²) in [6.07, 6.45) is 3.51. The number of fused-ring (bicyclic) bond motifs is 1. The van der Waals surface area contributed by atoms with E-state index in [1.165, 1.54) is 0 Å². The summed E-state index contributed by atoms with van der Waals surface area (Å²) in [4.78, 5) is 10.7. The second-order valence-corrected chi connectivity index (χ2v) is 6.64. The maximum atomic E-state index is 10.7. The van der Waals surface area contributed by atoms with Crippen LogP contribution in [0.1, 0.15) is 23.1 Å². The maximum Gasteiger partial charge on any atom is 0.328 e. The molecule has 29 heavy (non-hydrogen) atoms. The Morgan fingerprint density at radius 3 is 2.69 bits per heavy atom. The van der Waals surface area contributed by atoms with Crippen LogP contribution in [-0.2, 0) is 27.4 Å². The Hall–Kier alpha value is -3.03. The van der Waals surface area contributed by atoms with Crippen molar-refractivity contribution >= 4 is 23.1 Å². The average molecular weight is 395 g/mol. The van der Waals surface area contributed by atoms with Gasteiger partial charge in [-0.2, -0.15) is 0 Å². The fourth-order valence-electron chi connectivity index (χ4n) is 2.99. The molecule has 152 valence electrons. The SMILES string of the molecule is Cc1c(/C=C/C(=O)O)ccc2c1nnn2CCCOCCOCc1ccccc1. The lowest BCUT2D eigenvalue weighted by Gasteiger charge is -2.07. The van der Waals surface area contributed by atoms with Crippen LogP contribution in [0.15, 0.2) is 48.5 Å². The van der Waals surface area contributed by atoms with Crippen LogP contribution in [0.4, 0.5) is 0 Å². The Kier molecular flexibility index (Phi) is 7.49. The third kappa shape index (κ3) is 5.97. The number of carbonyl (C=O) groups is 1. The van der Waals surface area contributed by atoms with Gasteiger partial charge >= 0.3 is 5.97 Å². The molecule has 0 fully saturated rings. The molecule has 0 spiro atoms. The monoisotopic (exact) mass is 395 g/mol. The van der Waals surface area contributed by atoms with Gasteiger partial charge in [0.25, 0.3) is 0 Å². The quantitative estimate of drug-likeness (QED) is 0.395. The fraction of sp³-hybridized carbons (Fsp3) is 0.318. The van der Waals surface area contributed by atoms with Crippen LogP contribution in [0.25, 0.3) is 17.1 Å². The Labute approximate surface area is 169 Å². The van der Waals surface area contributed by atoms with Crippen molar-refractivity contribution in [3.05, 3.63) is 65.2 Å². The van der Waals surface area contributed by atoms with Crippen LogP contribution in [0, 0.1) is 6.92 Å². The number of carboxylic acids is 1. The average Bonchev–Trinajstić information content (AvgIpc) is 3.14. The summed E-state index contributed by atoms with van der Waals surface area (Å²) in [6, 6.07) is 13.9. The number of hydrogen-bond acceptors (Lipinski definition) is 5. The topological polar surface area (TPSA) is 86.5 Å². The molecule has 0 saturated heterocycles. The van der Waals surface area contributed by atoms with E-state index in [9.17, 15) is 4.79 Å². The van der Waals surface area contributed by atoms with E-state index in [-0.39, 0.29) is 0 Å². The number of aliphatic carboxylic acids is 1. The van der Waals surface area contributed by atoms with Gasteiger partial charge in [-0.3, -0.25) is 0 Å². The molecular weight excluding hydrogens is 370 g/mol. The minimum Gasteiger partial charge on any atom is -0.478 e. The summed E-state index contributed by atoms with van der Waals surface area (Å²) < 4.78 is 13.1. The van der Waals surface area contributed by atoms with E-state index < -0.39 is 5.97 Å². The lowest BCUT2D eigenvalue weighted by atomic mass is 10.1. The third-order valence-corrected chi connectivity index (χ3v) is 4.53. The molecule has 1 aromatic heterocycles. The van der Waals surface area contributed by atoms with Gasteiger partial charge in [0.05, 0.1) is 25.3 Å². The van der Waals surface area contributed by atoms with Crippen molar-refractivity contribution in [2.24, 2.45) is 0 Å². The van der Waals surface area contributed by atoms with Crippen molar-refractivity contribution in [3.8, 4) is 0 Å². The molecule has 0 aliphatic carbocycles. The van der Waals surface area contributed by atoms with E-state index in [0.717, 1.165) is 40.2 Å². The molecule has 1 N–H and O–H groups in total. The Bertz CT molecular complexity index is 967. The minimum atomic E-state index is -0.974. The Morgan fingerprint density at radius 1 is 1.10 bits per heavy atom. The van der Waals surface area contributed by atoms with Gasteiger partial charge in [0.1, 0.15) is 5.52 Å². The summed E-state index contributed by atoms with van der Waals surface area (Å²) in [5.41, 5.74) is 4.61. The molecule has 0 atom stereocenters. The summed E-state index contributed by atoms with van der Waals surface area (Å²) in [5.74, 6) is -0.974. The number of benzene rings is 2. The zero-order chi connectivity index (χ0) is 20.5. The first-order valence-electron chi connectivity index (χ1n) is 9.58. The number of ether oxygens (including phenoxy) is 2. The number of aromatic nitrogens is 3. The number of carboxylic acid groups (broad SMARTS) is 1. The summed E-state index contributed by atoms with van der Waals surface area (Å²) in [6.45, 7) is 4.95. The molecule has 1 heterocycles. The molecule has 0 aliphatic heterocycles. The molecule has 7 nitrogen and oxygen atoms in total. The normalized spacial score (nSPS) is 11.5. The van der Waals surface area contributed by atoms with Gasteiger partial charge in [0.2, 0.25) is 0 Å². The molecule has 3 rings (SSSR count). The van der Waals surface area contributed by atoms with Gasteiger partial charge in [-0.1, -0.05) is 41.6 Å². The van der Waals surface area contributed by atoms with E-state index in [2.05, 4.69) is 10.3 Å². The third-order valence-electron chi connectivity index (χ3n) is 4.53.